The normalized spacial score (nSPS) is 15.5. The topological polar surface area (TPSA) is 87.7 Å². The van der Waals surface area contributed by atoms with E-state index in [0.29, 0.717) is 6.54 Å². The van der Waals surface area contributed by atoms with Crippen LogP contribution < -0.4 is 10.6 Å². The van der Waals surface area contributed by atoms with Crippen LogP contribution in [0.4, 0.5) is 20.6 Å². The highest BCUT2D eigenvalue weighted by atomic mass is 19.1. The van der Waals surface area contributed by atoms with Crippen molar-refractivity contribution < 1.29 is 23.5 Å². The standard InChI is InChI=1S/C24H28FN3O4/c1-15(29)28-12-11-16-7-5-6-8-18(16)21(28)14-22(30)26-20-13-17(25)9-10-19(20)27-23(31)32-24(2,3)4/h5-10,13,21H,11-12,14H2,1-4H3,(H,26,30)(H,27,31). The lowest BCUT2D eigenvalue weighted by Crippen LogP contribution is -2.40. The molecule has 1 atom stereocenters. The minimum Gasteiger partial charge on any atom is -0.444 e. The van der Waals surface area contributed by atoms with Gasteiger partial charge in [0.05, 0.1) is 23.8 Å². The summed E-state index contributed by atoms with van der Waals surface area (Å²) in [6.07, 6.45) is 0.00401. The van der Waals surface area contributed by atoms with Crippen molar-refractivity contribution in [2.45, 2.75) is 52.2 Å². The average molecular weight is 442 g/mol. The highest BCUT2D eigenvalue weighted by Gasteiger charge is 2.31. The molecule has 1 unspecified atom stereocenters. The lowest BCUT2D eigenvalue weighted by atomic mass is 9.90. The quantitative estimate of drug-likeness (QED) is 0.723. The van der Waals surface area contributed by atoms with Crippen LogP contribution in [-0.4, -0.2) is 35.0 Å². The number of amides is 3. The van der Waals surface area contributed by atoms with Gasteiger partial charge >= 0.3 is 6.09 Å². The maximum Gasteiger partial charge on any atom is 0.412 e. The van der Waals surface area contributed by atoms with Gasteiger partial charge in [-0.2, -0.15) is 0 Å². The number of carbonyl (C=O) groups is 3. The van der Waals surface area contributed by atoms with E-state index in [1.165, 1.54) is 19.1 Å². The van der Waals surface area contributed by atoms with Crippen LogP contribution in [-0.2, 0) is 20.7 Å². The molecule has 170 valence electrons. The molecule has 8 heteroatoms. The summed E-state index contributed by atoms with van der Waals surface area (Å²) < 4.78 is 19.1. The first-order valence-corrected chi connectivity index (χ1v) is 10.5. The van der Waals surface area contributed by atoms with Crippen molar-refractivity contribution in [3.8, 4) is 0 Å². The van der Waals surface area contributed by atoms with Crippen LogP contribution >= 0.6 is 0 Å². The number of ether oxygens (including phenoxy) is 1. The molecule has 0 saturated heterocycles. The average Bonchev–Trinajstić information content (AvgIpc) is 2.68. The number of halogens is 1. The molecule has 7 nitrogen and oxygen atoms in total. The Morgan fingerprint density at radius 3 is 2.50 bits per heavy atom. The third kappa shape index (κ3) is 5.84. The third-order valence-corrected chi connectivity index (χ3v) is 5.09. The van der Waals surface area contributed by atoms with Gasteiger partial charge < -0.3 is 15.0 Å². The Bertz CT molecular complexity index is 1030. The Kier molecular flexibility index (Phi) is 6.81. The number of hydrogen-bond donors (Lipinski definition) is 2. The van der Waals surface area contributed by atoms with E-state index in [1.54, 1.807) is 25.7 Å². The largest absolute Gasteiger partial charge is 0.444 e. The van der Waals surface area contributed by atoms with Crippen LogP contribution in [0.1, 0.15) is 51.3 Å². The predicted octanol–water partition coefficient (Wildman–Crippen LogP) is 4.65. The fraction of sp³-hybridized carbons (Fsp3) is 0.375. The smallest absolute Gasteiger partial charge is 0.412 e. The molecule has 32 heavy (non-hydrogen) atoms. The van der Waals surface area contributed by atoms with Gasteiger partial charge in [-0.1, -0.05) is 24.3 Å². The molecule has 2 aromatic carbocycles. The maximum absolute atomic E-state index is 13.9. The maximum atomic E-state index is 13.9. The SMILES string of the molecule is CC(=O)N1CCc2ccccc2C1CC(=O)Nc1cc(F)ccc1NC(=O)OC(C)(C)C. The van der Waals surface area contributed by atoms with Crippen molar-refractivity contribution >= 4 is 29.3 Å². The molecular formula is C24H28FN3O4. The Morgan fingerprint density at radius 2 is 1.81 bits per heavy atom. The number of nitrogens with one attached hydrogen (secondary N) is 2. The van der Waals surface area contributed by atoms with Gasteiger partial charge in [0, 0.05) is 13.5 Å². The van der Waals surface area contributed by atoms with Crippen LogP contribution in [0, 0.1) is 5.82 Å². The summed E-state index contributed by atoms with van der Waals surface area (Å²) in [4.78, 5) is 38.9. The number of nitrogens with zero attached hydrogens (tertiary/aromatic N) is 1. The van der Waals surface area contributed by atoms with Gasteiger partial charge in [0.1, 0.15) is 11.4 Å². The molecule has 0 saturated carbocycles. The van der Waals surface area contributed by atoms with Gasteiger partial charge in [0.25, 0.3) is 0 Å². The second kappa shape index (κ2) is 9.38. The van der Waals surface area contributed by atoms with Gasteiger partial charge in [-0.05, 0) is 56.5 Å². The zero-order chi connectivity index (χ0) is 23.5. The number of anilines is 2. The fourth-order valence-corrected chi connectivity index (χ4v) is 3.77. The predicted molar refractivity (Wildman–Crippen MR) is 120 cm³/mol. The molecule has 3 amide bonds. The molecule has 0 aliphatic carbocycles. The number of carbonyl (C=O) groups excluding carboxylic acids is 3. The molecule has 2 aromatic rings. The van der Waals surface area contributed by atoms with E-state index in [2.05, 4.69) is 10.6 Å². The van der Waals surface area contributed by atoms with Crippen molar-refractivity contribution in [2.24, 2.45) is 0 Å². The van der Waals surface area contributed by atoms with E-state index < -0.39 is 29.5 Å². The van der Waals surface area contributed by atoms with Gasteiger partial charge in [0.2, 0.25) is 11.8 Å². The van der Waals surface area contributed by atoms with Crippen LogP contribution in [0.15, 0.2) is 42.5 Å². The van der Waals surface area contributed by atoms with E-state index in [1.807, 2.05) is 24.3 Å². The molecule has 3 rings (SSSR count). The lowest BCUT2D eigenvalue weighted by Gasteiger charge is -2.36. The van der Waals surface area contributed by atoms with Gasteiger partial charge in [0.15, 0.2) is 0 Å². The van der Waals surface area contributed by atoms with Gasteiger partial charge in [-0.25, -0.2) is 9.18 Å². The molecule has 1 aliphatic heterocycles. The van der Waals surface area contributed by atoms with E-state index in [4.69, 9.17) is 4.74 Å². The fourth-order valence-electron chi connectivity index (χ4n) is 3.77. The number of fused-ring (bicyclic) bond motifs is 1. The summed E-state index contributed by atoms with van der Waals surface area (Å²) in [7, 11) is 0. The summed E-state index contributed by atoms with van der Waals surface area (Å²) in [6.45, 7) is 7.18. The summed E-state index contributed by atoms with van der Waals surface area (Å²) >= 11 is 0. The summed E-state index contributed by atoms with van der Waals surface area (Å²) in [5.74, 6) is -1.09. The first-order chi connectivity index (χ1) is 15.0. The van der Waals surface area contributed by atoms with Crippen molar-refractivity contribution in [3.05, 3.63) is 59.4 Å². The van der Waals surface area contributed by atoms with Gasteiger partial charge in [-0.3, -0.25) is 14.9 Å². The Morgan fingerprint density at radius 1 is 1.09 bits per heavy atom. The van der Waals surface area contributed by atoms with Crippen molar-refractivity contribution in [1.29, 1.82) is 0 Å². The van der Waals surface area contributed by atoms with E-state index >= 15 is 0 Å². The Labute approximate surface area is 186 Å². The van der Waals surface area contributed by atoms with Crippen molar-refractivity contribution in [1.82, 2.24) is 4.90 Å². The minimum absolute atomic E-state index is 0.00101. The Hall–Kier alpha value is -3.42. The summed E-state index contributed by atoms with van der Waals surface area (Å²) in [6, 6.07) is 11.0. The molecule has 1 aliphatic rings. The Balaban J connectivity index is 1.79. The van der Waals surface area contributed by atoms with Crippen LogP contribution in [0.5, 0.6) is 0 Å². The first kappa shape index (κ1) is 23.2. The molecule has 0 bridgehead atoms. The van der Waals surface area contributed by atoms with Crippen LogP contribution in [0.2, 0.25) is 0 Å². The van der Waals surface area contributed by atoms with E-state index in [0.717, 1.165) is 23.6 Å². The highest BCUT2D eigenvalue weighted by molar-refractivity contribution is 5.98. The van der Waals surface area contributed by atoms with Crippen molar-refractivity contribution in [3.63, 3.8) is 0 Å². The second-order valence-corrected chi connectivity index (χ2v) is 8.75. The van der Waals surface area contributed by atoms with Crippen molar-refractivity contribution in [2.75, 3.05) is 17.2 Å². The summed E-state index contributed by atoms with van der Waals surface area (Å²) in [5, 5.41) is 5.21. The second-order valence-electron chi connectivity index (χ2n) is 8.75. The number of benzene rings is 2. The molecule has 2 N–H and O–H groups in total. The molecule has 1 heterocycles. The molecular weight excluding hydrogens is 413 g/mol. The molecule has 0 fully saturated rings. The highest BCUT2D eigenvalue weighted by Crippen LogP contribution is 2.33. The zero-order valence-electron chi connectivity index (χ0n) is 18.7. The van der Waals surface area contributed by atoms with E-state index in [9.17, 15) is 18.8 Å². The third-order valence-electron chi connectivity index (χ3n) is 5.09. The number of hydrogen-bond acceptors (Lipinski definition) is 4. The number of rotatable bonds is 4. The molecule has 0 radical (unpaired) electrons. The monoisotopic (exact) mass is 441 g/mol. The first-order valence-electron chi connectivity index (χ1n) is 10.5. The summed E-state index contributed by atoms with van der Waals surface area (Å²) in [5.41, 5.74) is 1.63. The van der Waals surface area contributed by atoms with Gasteiger partial charge in [-0.15, -0.1) is 0 Å². The van der Waals surface area contributed by atoms with E-state index in [-0.39, 0.29) is 23.7 Å². The molecule has 0 spiro atoms. The lowest BCUT2D eigenvalue weighted by molar-refractivity contribution is -0.132. The van der Waals surface area contributed by atoms with Crippen LogP contribution in [0.3, 0.4) is 0 Å². The zero-order valence-corrected chi connectivity index (χ0v) is 18.7. The minimum atomic E-state index is -0.719. The van der Waals surface area contributed by atoms with Crippen LogP contribution in [0.25, 0.3) is 0 Å². The molecule has 0 aromatic heterocycles.